The van der Waals surface area contributed by atoms with Gasteiger partial charge in [-0.15, -0.1) is 0 Å². The fourth-order valence-corrected chi connectivity index (χ4v) is 2.43. The molecule has 0 saturated carbocycles. The van der Waals surface area contributed by atoms with E-state index in [2.05, 4.69) is 16.0 Å². The van der Waals surface area contributed by atoms with E-state index < -0.39 is 60.6 Å². The van der Waals surface area contributed by atoms with Gasteiger partial charge in [-0.3, -0.25) is 14.4 Å². The van der Waals surface area contributed by atoms with Crippen molar-refractivity contribution in [3.05, 3.63) is 29.8 Å². The van der Waals surface area contributed by atoms with Gasteiger partial charge in [-0.05, 0) is 31.5 Å². The van der Waals surface area contributed by atoms with E-state index in [-0.39, 0.29) is 12.2 Å². The lowest BCUT2D eigenvalue weighted by atomic mass is 10.1. The Balaban J connectivity index is 2.70. The molecule has 12 heteroatoms. The van der Waals surface area contributed by atoms with E-state index in [0.29, 0.717) is 5.56 Å². The minimum absolute atomic E-state index is 0.0101. The number of rotatable bonds is 11. The molecule has 3 amide bonds. The highest BCUT2D eigenvalue weighted by molar-refractivity contribution is 5.94. The van der Waals surface area contributed by atoms with Crippen LogP contribution in [-0.4, -0.2) is 81.0 Å². The third kappa shape index (κ3) is 8.20. The van der Waals surface area contributed by atoms with Crippen molar-refractivity contribution in [2.45, 2.75) is 50.5 Å². The molecule has 12 nitrogen and oxygen atoms in total. The Hall–Kier alpha value is -3.22. The monoisotopic (exact) mass is 440 g/mol. The van der Waals surface area contributed by atoms with E-state index in [4.69, 9.17) is 5.73 Å². The topological polar surface area (TPSA) is 211 Å². The molecular formula is C19H28N4O8. The van der Waals surface area contributed by atoms with Crippen LogP contribution >= 0.6 is 0 Å². The Morgan fingerprint density at radius 1 is 0.935 bits per heavy atom. The van der Waals surface area contributed by atoms with Gasteiger partial charge in [0.1, 0.15) is 29.9 Å². The minimum atomic E-state index is -1.43. The van der Waals surface area contributed by atoms with Gasteiger partial charge in [-0.1, -0.05) is 12.1 Å². The lowest BCUT2D eigenvalue weighted by molar-refractivity contribution is -0.142. The summed E-state index contributed by atoms with van der Waals surface area (Å²) in [7, 11) is 0. The van der Waals surface area contributed by atoms with Gasteiger partial charge in [-0.2, -0.15) is 0 Å². The summed E-state index contributed by atoms with van der Waals surface area (Å²) in [5.41, 5.74) is 6.01. The molecule has 5 atom stereocenters. The van der Waals surface area contributed by atoms with Gasteiger partial charge in [0.15, 0.2) is 0 Å². The summed E-state index contributed by atoms with van der Waals surface area (Å²) < 4.78 is 0. The van der Waals surface area contributed by atoms with Crippen LogP contribution in [0.2, 0.25) is 0 Å². The highest BCUT2D eigenvalue weighted by Crippen LogP contribution is 2.11. The molecule has 1 aromatic carbocycles. The number of benzene rings is 1. The number of phenolic OH excluding ortho intramolecular Hbond substituents is 1. The smallest absolute Gasteiger partial charge is 0.326 e. The van der Waals surface area contributed by atoms with E-state index in [9.17, 15) is 39.6 Å². The summed E-state index contributed by atoms with van der Waals surface area (Å²) >= 11 is 0. The zero-order chi connectivity index (χ0) is 23.7. The van der Waals surface area contributed by atoms with Crippen molar-refractivity contribution in [3.63, 3.8) is 0 Å². The van der Waals surface area contributed by atoms with E-state index in [1.807, 2.05) is 0 Å². The normalized spacial score (nSPS) is 15.6. The summed E-state index contributed by atoms with van der Waals surface area (Å²) in [5.74, 6) is -3.87. The number of amides is 3. The molecule has 0 radical (unpaired) electrons. The first-order valence-electron chi connectivity index (χ1n) is 9.42. The summed E-state index contributed by atoms with van der Waals surface area (Å²) in [4.78, 5) is 47.9. The highest BCUT2D eigenvalue weighted by Gasteiger charge is 2.29. The summed E-state index contributed by atoms with van der Waals surface area (Å²) in [6.45, 7) is 1.78. The van der Waals surface area contributed by atoms with Crippen LogP contribution in [0.3, 0.4) is 0 Å². The number of phenols is 1. The lowest BCUT2D eigenvalue weighted by Gasteiger charge is -2.23. The standard InChI is InChI=1S/C19H28N4O8/c1-9(21-17(28)14(8-24)23-18(29)15(20)10(2)25)16(27)22-13(19(30)31)7-11-3-5-12(26)6-4-11/h3-6,9-10,13-15,24-26H,7-8,20H2,1-2H3,(H,21,28)(H,22,27)(H,23,29)(H,30,31). The van der Waals surface area contributed by atoms with Crippen molar-refractivity contribution < 1.29 is 39.6 Å². The third-order valence-corrected chi connectivity index (χ3v) is 4.38. The van der Waals surface area contributed by atoms with E-state index in [1.54, 1.807) is 0 Å². The second kappa shape index (κ2) is 11.8. The van der Waals surface area contributed by atoms with Crippen molar-refractivity contribution in [2.75, 3.05) is 6.61 Å². The number of aliphatic hydroxyl groups is 2. The highest BCUT2D eigenvalue weighted by atomic mass is 16.4. The summed E-state index contributed by atoms with van der Waals surface area (Å²) in [6, 6.07) is 0.541. The summed E-state index contributed by atoms with van der Waals surface area (Å²) in [6.07, 6.45) is -1.25. The first kappa shape index (κ1) is 25.8. The molecule has 0 aliphatic rings. The number of aliphatic hydroxyl groups excluding tert-OH is 2. The molecule has 0 saturated heterocycles. The molecule has 0 aromatic heterocycles. The SMILES string of the molecule is CC(NC(=O)C(CO)NC(=O)C(N)C(C)O)C(=O)NC(Cc1ccc(O)cc1)C(=O)O. The molecule has 0 aliphatic carbocycles. The van der Waals surface area contributed by atoms with Crippen molar-refractivity contribution in [1.29, 1.82) is 0 Å². The third-order valence-electron chi connectivity index (χ3n) is 4.38. The number of carboxylic acid groups (broad SMARTS) is 1. The Labute approximate surface area is 178 Å². The molecule has 31 heavy (non-hydrogen) atoms. The fourth-order valence-electron chi connectivity index (χ4n) is 2.43. The molecule has 1 rings (SSSR count). The molecule has 1 aromatic rings. The maximum Gasteiger partial charge on any atom is 0.326 e. The maximum absolute atomic E-state index is 12.3. The first-order valence-corrected chi connectivity index (χ1v) is 9.42. The molecule has 0 bridgehead atoms. The van der Waals surface area contributed by atoms with Crippen LogP contribution in [-0.2, 0) is 25.6 Å². The van der Waals surface area contributed by atoms with Crippen LogP contribution in [0.25, 0.3) is 0 Å². The number of hydrogen-bond acceptors (Lipinski definition) is 8. The number of aromatic hydroxyl groups is 1. The predicted octanol–water partition coefficient (Wildman–Crippen LogP) is -2.81. The van der Waals surface area contributed by atoms with Gasteiger partial charge in [0.05, 0.1) is 12.7 Å². The van der Waals surface area contributed by atoms with Gasteiger partial charge < -0.3 is 42.1 Å². The Bertz CT molecular complexity index is 784. The number of hydrogen-bond donors (Lipinski definition) is 8. The van der Waals surface area contributed by atoms with Gasteiger partial charge in [0.2, 0.25) is 17.7 Å². The largest absolute Gasteiger partial charge is 0.508 e. The zero-order valence-electron chi connectivity index (χ0n) is 17.1. The average molecular weight is 440 g/mol. The van der Waals surface area contributed by atoms with E-state index >= 15 is 0 Å². The fraction of sp³-hybridized carbons (Fsp3) is 0.474. The van der Waals surface area contributed by atoms with E-state index in [1.165, 1.54) is 38.1 Å². The second-order valence-electron chi connectivity index (χ2n) is 7.01. The maximum atomic E-state index is 12.3. The van der Waals surface area contributed by atoms with Crippen molar-refractivity contribution in [3.8, 4) is 5.75 Å². The van der Waals surface area contributed by atoms with Gasteiger partial charge in [-0.25, -0.2) is 4.79 Å². The number of aliphatic carboxylic acids is 1. The molecule has 0 heterocycles. The van der Waals surface area contributed by atoms with E-state index in [0.717, 1.165) is 0 Å². The van der Waals surface area contributed by atoms with Gasteiger partial charge in [0.25, 0.3) is 0 Å². The first-order chi connectivity index (χ1) is 14.5. The lowest BCUT2D eigenvalue weighted by Crippen LogP contribution is -2.58. The molecule has 9 N–H and O–H groups in total. The van der Waals surface area contributed by atoms with Crippen LogP contribution in [0.5, 0.6) is 5.75 Å². The van der Waals surface area contributed by atoms with Crippen LogP contribution in [0.4, 0.5) is 0 Å². The average Bonchev–Trinajstić information content (AvgIpc) is 2.71. The van der Waals surface area contributed by atoms with Crippen LogP contribution in [0, 0.1) is 0 Å². The Morgan fingerprint density at radius 3 is 1.97 bits per heavy atom. The molecule has 0 fully saturated rings. The number of nitrogens with two attached hydrogens (primary N) is 1. The summed E-state index contributed by atoms with van der Waals surface area (Å²) in [5, 5.41) is 44.0. The Morgan fingerprint density at radius 2 is 1.48 bits per heavy atom. The quantitative estimate of drug-likeness (QED) is 0.178. The van der Waals surface area contributed by atoms with Crippen LogP contribution < -0.4 is 21.7 Å². The number of carbonyl (C=O) groups excluding carboxylic acids is 3. The van der Waals surface area contributed by atoms with Gasteiger partial charge >= 0.3 is 5.97 Å². The number of nitrogens with one attached hydrogen (secondary N) is 3. The molecule has 172 valence electrons. The molecular weight excluding hydrogens is 412 g/mol. The van der Waals surface area contributed by atoms with Crippen LogP contribution in [0.1, 0.15) is 19.4 Å². The van der Waals surface area contributed by atoms with Crippen molar-refractivity contribution >= 4 is 23.7 Å². The van der Waals surface area contributed by atoms with Crippen molar-refractivity contribution in [1.82, 2.24) is 16.0 Å². The number of carboxylic acids is 1. The zero-order valence-corrected chi connectivity index (χ0v) is 17.1. The van der Waals surface area contributed by atoms with Crippen molar-refractivity contribution in [2.24, 2.45) is 5.73 Å². The second-order valence-corrected chi connectivity index (χ2v) is 7.01. The minimum Gasteiger partial charge on any atom is -0.508 e. The Kier molecular flexibility index (Phi) is 9.86. The molecule has 5 unspecified atom stereocenters. The van der Waals surface area contributed by atoms with Crippen LogP contribution in [0.15, 0.2) is 24.3 Å². The molecule has 0 spiro atoms. The number of carbonyl (C=O) groups is 4. The van der Waals surface area contributed by atoms with Gasteiger partial charge in [0, 0.05) is 6.42 Å². The predicted molar refractivity (Wildman–Crippen MR) is 108 cm³/mol. The molecule has 0 aliphatic heterocycles.